The number of nitrogens with zero attached hydrogens (tertiary/aromatic N) is 1. The summed E-state index contributed by atoms with van der Waals surface area (Å²) >= 11 is 2.89. The summed E-state index contributed by atoms with van der Waals surface area (Å²) in [4.78, 5) is 16.0. The lowest BCUT2D eigenvalue weighted by Crippen LogP contribution is -1.97. The first-order chi connectivity index (χ1) is 7.75. The molecule has 0 saturated heterocycles. The molecule has 0 aromatic carbocycles. The van der Waals surface area contributed by atoms with Gasteiger partial charge in [-0.25, -0.2) is 9.78 Å². The van der Waals surface area contributed by atoms with Crippen molar-refractivity contribution < 1.29 is 9.90 Å². The molecule has 3 nitrogen and oxygen atoms in total. The number of thiophene rings is 1. The third-order valence-electron chi connectivity index (χ3n) is 2.58. The minimum Gasteiger partial charge on any atom is -0.477 e. The van der Waals surface area contributed by atoms with E-state index in [0.29, 0.717) is 10.8 Å². The Bertz CT molecular complexity index is 526. The molecule has 5 heteroatoms. The van der Waals surface area contributed by atoms with E-state index < -0.39 is 5.97 Å². The Labute approximate surface area is 100 Å². The van der Waals surface area contributed by atoms with Crippen LogP contribution in [0.15, 0.2) is 16.8 Å². The zero-order valence-electron chi connectivity index (χ0n) is 8.34. The molecule has 2 heterocycles. The zero-order valence-corrected chi connectivity index (χ0v) is 9.98. The van der Waals surface area contributed by atoms with Crippen LogP contribution < -0.4 is 0 Å². The summed E-state index contributed by atoms with van der Waals surface area (Å²) in [6, 6.07) is 1.98. The molecule has 16 heavy (non-hydrogen) atoms. The van der Waals surface area contributed by atoms with E-state index >= 15 is 0 Å². The van der Waals surface area contributed by atoms with Crippen molar-refractivity contribution in [2.75, 3.05) is 0 Å². The fourth-order valence-corrected chi connectivity index (χ4v) is 3.33. The van der Waals surface area contributed by atoms with E-state index in [9.17, 15) is 4.79 Å². The molecular weight excluding hydrogens is 242 g/mol. The third-order valence-corrected chi connectivity index (χ3v) is 4.37. The van der Waals surface area contributed by atoms with Gasteiger partial charge in [-0.1, -0.05) is 0 Å². The number of rotatable bonds is 3. The Hall–Kier alpha value is -1.20. The highest BCUT2D eigenvalue weighted by Crippen LogP contribution is 2.44. The molecule has 0 aliphatic heterocycles. The van der Waals surface area contributed by atoms with Gasteiger partial charge in [0.1, 0.15) is 9.88 Å². The average Bonchev–Trinajstić information content (AvgIpc) is 2.83. The molecule has 1 aliphatic rings. The summed E-state index contributed by atoms with van der Waals surface area (Å²) < 4.78 is 0. The number of hydrogen-bond acceptors (Lipinski definition) is 4. The zero-order chi connectivity index (χ0) is 11.1. The van der Waals surface area contributed by atoms with Crippen LogP contribution >= 0.6 is 22.7 Å². The van der Waals surface area contributed by atoms with Crippen LogP contribution in [0.4, 0.5) is 0 Å². The first-order valence-corrected chi connectivity index (χ1v) is 6.78. The molecule has 2 aromatic rings. The highest BCUT2D eigenvalue weighted by atomic mass is 32.1. The predicted molar refractivity (Wildman–Crippen MR) is 64.4 cm³/mol. The molecule has 0 amide bonds. The van der Waals surface area contributed by atoms with E-state index in [1.54, 1.807) is 11.3 Å². The standard InChI is InChI=1S/C11H9NO2S2/c13-11(14)9-8(6-1-2-6)12-10(16-9)7-3-4-15-5-7/h3-6H,1-2H2,(H,13,14). The minimum absolute atomic E-state index is 0.384. The van der Waals surface area contributed by atoms with Gasteiger partial charge in [0.15, 0.2) is 0 Å². The molecule has 0 atom stereocenters. The SMILES string of the molecule is O=C(O)c1sc(-c2ccsc2)nc1C1CC1. The van der Waals surface area contributed by atoms with Crippen LogP contribution in [-0.2, 0) is 0 Å². The fourth-order valence-electron chi connectivity index (χ4n) is 1.63. The molecule has 0 bridgehead atoms. The Morgan fingerprint density at radius 1 is 1.50 bits per heavy atom. The van der Waals surface area contributed by atoms with Crippen molar-refractivity contribution in [2.24, 2.45) is 0 Å². The maximum Gasteiger partial charge on any atom is 0.347 e. The van der Waals surface area contributed by atoms with Crippen LogP contribution in [0.3, 0.4) is 0 Å². The number of thiazole rings is 1. The van der Waals surface area contributed by atoms with Crippen LogP contribution in [-0.4, -0.2) is 16.1 Å². The van der Waals surface area contributed by atoms with Gasteiger partial charge in [-0.15, -0.1) is 11.3 Å². The van der Waals surface area contributed by atoms with Gasteiger partial charge in [-0.05, 0) is 24.3 Å². The quantitative estimate of drug-likeness (QED) is 0.909. The Morgan fingerprint density at radius 3 is 2.88 bits per heavy atom. The normalized spacial score (nSPS) is 15.2. The number of carbonyl (C=O) groups is 1. The van der Waals surface area contributed by atoms with Gasteiger partial charge in [-0.2, -0.15) is 11.3 Å². The second kappa shape index (κ2) is 3.68. The maximum atomic E-state index is 11.1. The summed E-state index contributed by atoms with van der Waals surface area (Å²) in [5.74, 6) is -0.462. The minimum atomic E-state index is -0.846. The smallest absolute Gasteiger partial charge is 0.347 e. The fraction of sp³-hybridized carbons (Fsp3) is 0.273. The monoisotopic (exact) mass is 251 g/mol. The lowest BCUT2D eigenvalue weighted by Gasteiger charge is -1.91. The number of carboxylic acid groups (broad SMARTS) is 1. The van der Waals surface area contributed by atoms with E-state index in [0.717, 1.165) is 29.1 Å². The van der Waals surface area contributed by atoms with Crippen molar-refractivity contribution in [3.05, 3.63) is 27.4 Å². The van der Waals surface area contributed by atoms with Gasteiger partial charge in [-0.3, -0.25) is 0 Å². The highest BCUT2D eigenvalue weighted by molar-refractivity contribution is 7.17. The molecule has 82 valence electrons. The summed E-state index contributed by atoms with van der Waals surface area (Å²) in [6.45, 7) is 0. The predicted octanol–water partition coefficient (Wildman–Crippen LogP) is 3.45. The topological polar surface area (TPSA) is 50.2 Å². The first-order valence-electron chi connectivity index (χ1n) is 5.02. The van der Waals surface area contributed by atoms with Gasteiger partial charge in [0.2, 0.25) is 0 Å². The van der Waals surface area contributed by atoms with Crippen LogP contribution in [0.2, 0.25) is 0 Å². The average molecular weight is 251 g/mol. The first kappa shape index (κ1) is 9.99. The summed E-state index contributed by atoms with van der Waals surface area (Å²) in [7, 11) is 0. The van der Waals surface area contributed by atoms with Crippen LogP contribution in [0.5, 0.6) is 0 Å². The molecule has 1 saturated carbocycles. The van der Waals surface area contributed by atoms with Crippen molar-refractivity contribution in [3.8, 4) is 10.6 Å². The van der Waals surface area contributed by atoms with Crippen LogP contribution in [0.25, 0.3) is 10.6 Å². The van der Waals surface area contributed by atoms with Gasteiger partial charge < -0.3 is 5.11 Å². The van der Waals surface area contributed by atoms with Gasteiger partial charge >= 0.3 is 5.97 Å². The van der Waals surface area contributed by atoms with E-state index in [1.165, 1.54) is 11.3 Å². The van der Waals surface area contributed by atoms with Crippen molar-refractivity contribution in [1.82, 2.24) is 4.98 Å². The Kier molecular flexibility index (Phi) is 2.29. The third kappa shape index (κ3) is 1.66. The van der Waals surface area contributed by atoms with Gasteiger partial charge in [0.25, 0.3) is 0 Å². The van der Waals surface area contributed by atoms with Crippen molar-refractivity contribution >= 4 is 28.6 Å². The highest BCUT2D eigenvalue weighted by Gasteiger charge is 2.32. The lowest BCUT2D eigenvalue weighted by atomic mass is 10.2. The van der Waals surface area contributed by atoms with Crippen molar-refractivity contribution in [2.45, 2.75) is 18.8 Å². The van der Waals surface area contributed by atoms with Gasteiger partial charge in [0, 0.05) is 16.9 Å². The van der Waals surface area contributed by atoms with E-state index in [-0.39, 0.29) is 0 Å². The molecule has 0 radical (unpaired) electrons. The molecule has 2 aromatic heterocycles. The number of aromatic carboxylic acids is 1. The van der Waals surface area contributed by atoms with Crippen molar-refractivity contribution in [1.29, 1.82) is 0 Å². The molecule has 3 rings (SSSR count). The second-order valence-corrected chi connectivity index (χ2v) is 5.60. The van der Waals surface area contributed by atoms with Crippen LogP contribution in [0.1, 0.15) is 34.1 Å². The lowest BCUT2D eigenvalue weighted by molar-refractivity contribution is 0.0700. The summed E-state index contributed by atoms with van der Waals surface area (Å²) in [6.07, 6.45) is 2.15. The van der Waals surface area contributed by atoms with E-state index in [2.05, 4.69) is 4.98 Å². The summed E-state index contributed by atoms with van der Waals surface area (Å²) in [5, 5.41) is 13.9. The molecule has 1 aliphatic carbocycles. The summed E-state index contributed by atoms with van der Waals surface area (Å²) in [5.41, 5.74) is 1.82. The van der Waals surface area contributed by atoms with Crippen LogP contribution in [0, 0.1) is 0 Å². The Morgan fingerprint density at radius 2 is 2.31 bits per heavy atom. The second-order valence-electron chi connectivity index (χ2n) is 3.82. The molecule has 1 fully saturated rings. The molecule has 0 spiro atoms. The number of carboxylic acids is 1. The molecular formula is C11H9NO2S2. The maximum absolute atomic E-state index is 11.1. The van der Waals surface area contributed by atoms with E-state index in [1.807, 2.05) is 16.8 Å². The molecule has 1 N–H and O–H groups in total. The van der Waals surface area contributed by atoms with Crippen molar-refractivity contribution in [3.63, 3.8) is 0 Å². The van der Waals surface area contributed by atoms with Gasteiger partial charge in [0.05, 0.1) is 5.69 Å². The Balaban J connectivity index is 2.08. The number of aromatic nitrogens is 1. The largest absolute Gasteiger partial charge is 0.477 e. The number of hydrogen-bond donors (Lipinski definition) is 1. The van der Waals surface area contributed by atoms with E-state index in [4.69, 9.17) is 5.11 Å². The molecule has 0 unspecified atom stereocenters.